The topological polar surface area (TPSA) is 52.0 Å². The molecular formula is C13H10ClFN2O2. The Morgan fingerprint density at radius 3 is 2.68 bits per heavy atom. The number of aryl methyl sites for hydroxylation is 1. The van der Waals surface area contributed by atoms with Gasteiger partial charge in [0.1, 0.15) is 5.82 Å². The number of halogens is 2. The van der Waals surface area contributed by atoms with Crippen LogP contribution in [0.5, 0.6) is 0 Å². The van der Waals surface area contributed by atoms with E-state index < -0.39 is 11.5 Å². The summed E-state index contributed by atoms with van der Waals surface area (Å²) < 4.78 is 14.0. The first-order chi connectivity index (χ1) is 9.06. The summed E-state index contributed by atoms with van der Waals surface area (Å²) in [5.41, 5.74) is -0.0549. The fraction of sp³-hybridized carbons (Fsp3) is 0.154. The molecule has 0 radical (unpaired) electrons. The summed E-state index contributed by atoms with van der Waals surface area (Å²) in [7, 11) is 0. The van der Waals surface area contributed by atoms with Gasteiger partial charge in [-0.2, -0.15) is 0 Å². The van der Waals surface area contributed by atoms with Crippen LogP contribution in [0.25, 0.3) is 0 Å². The molecule has 0 aliphatic rings. The maximum Gasteiger partial charge on any atom is 0.347 e. The summed E-state index contributed by atoms with van der Waals surface area (Å²) in [5, 5.41) is 0.328. The van der Waals surface area contributed by atoms with Gasteiger partial charge in [-0.15, -0.1) is 0 Å². The minimum absolute atomic E-state index is 0.119. The van der Waals surface area contributed by atoms with Gasteiger partial charge in [0.2, 0.25) is 0 Å². The fourth-order valence-electron chi connectivity index (χ4n) is 1.59. The van der Waals surface area contributed by atoms with E-state index in [0.29, 0.717) is 10.6 Å². The first-order valence-electron chi connectivity index (χ1n) is 5.57. The number of rotatable bonds is 4. The van der Waals surface area contributed by atoms with Gasteiger partial charge in [-0.25, -0.2) is 14.2 Å². The summed E-state index contributed by atoms with van der Waals surface area (Å²) in [5.74, 6) is -0.571. The van der Waals surface area contributed by atoms with E-state index in [1.54, 1.807) is 0 Å². The molecule has 98 valence electrons. The van der Waals surface area contributed by atoms with E-state index in [1.807, 2.05) is 0 Å². The summed E-state index contributed by atoms with van der Waals surface area (Å²) in [6.07, 6.45) is 2.80. The lowest BCUT2D eigenvalue weighted by Gasteiger charge is -2.04. The average Bonchev–Trinajstić information content (AvgIpc) is 2.40. The predicted octanol–water partition coefficient (Wildman–Crippen LogP) is 2.31. The number of ketones is 1. The molecule has 0 atom stereocenters. The zero-order valence-electron chi connectivity index (χ0n) is 9.85. The van der Waals surface area contributed by atoms with Crippen LogP contribution < -0.4 is 5.69 Å². The summed E-state index contributed by atoms with van der Waals surface area (Å²) >= 11 is 5.72. The van der Waals surface area contributed by atoms with E-state index in [0.717, 1.165) is 0 Å². The Labute approximate surface area is 113 Å². The SMILES string of the molecule is O=C(CCn1cc(Cl)cnc1=O)c1ccc(F)cc1. The number of hydrogen-bond acceptors (Lipinski definition) is 3. The fourth-order valence-corrected chi connectivity index (χ4v) is 1.76. The van der Waals surface area contributed by atoms with Gasteiger partial charge in [0, 0.05) is 24.7 Å². The second-order valence-electron chi connectivity index (χ2n) is 3.93. The number of benzene rings is 1. The van der Waals surface area contributed by atoms with Crippen molar-refractivity contribution < 1.29 is 9.18 Å². The molecule has 1 heterocycles. The number of carbonyl (C=O) groups is 1. The van der Waals surface area contributed by atoms with Crippen molar-refractivity contribution in [2.75, 3.05) is 0 Å². The molecule has 2 aromatic rings. The minimum atomic E-state index is -0.462. The molecule has 0 fully saturated rings. The van der Waals surface area contributed by atoms with Crippen LogP contribution in [-0.2, 0) is 6.54 Å². The van der Waals surface area contributed by atoms with Crippen molar-refractivity contribution in [1.29, 1.82) is 0 Å². The number of hydrogen-bond donors (Lipinski definition) is 0. The van der Waals surface area contributed by atoms with E-state index in [2.05, 4.69) is 4.98 Å². The molecule has 1 aromatic carbocycles. The maximum absolute atomic E-state index is 12.7. The molecule has 0 spiro atoms. The number of aromatic nitrogens is 2. The zero-order chi connectivity index (χ0) is 13.8. The van der Waals surface area contributed by atoms with Crippen molar-refractivity contribution in [3.05, 3.63) is 63.5 Å². The van der Waals surface area contributed by atoms with Gasteiger partial charge >= 0.3 is 5.69 Å². The lowest BCUT2D eigenvalue weighted by Crippen LogP contribution is -2.23. The molecule has 2 rings (SSSR count). The van der Waals surface area contributed by atoms with Gasteiger partial charge in [0.15, 0.2) is 5.78 Å². The molecule has 4 nitrogen and oxygen atoms in total. The molecule has 0 N–H and O–H groups in total. The smallest absolute Gasteiger partial charge is 0.297 e. The number of carbonyl (C=O) groups excluding carboxylic acids is 1. The number of nitrogens with zero attached hydrogens (tertiary/aromatic N) is 2. The highest BCUT2D eigenvalue weighted by molar-refractivity contribution is 6.30. The Bertz CT molecular complexity index is 652. The monoisotopic (exact) mass is 280 g/mol. The first-order valence-corrected chi connectivity index (χ1v) is 5.95. The molecule has 0 bridgehead atoms. The van der Waals surface area contributed by atoms with Gasteiger partial charge in [-0.1, -0.05) is 11.6 Å². The van der Waals surface area contributed by atoms with Gasteiger partial charge < -0.3 is 0 Å². The molecule has 1 aromatic heterocycles. The Hall–Kier alpha value is -2.01. The third kappa shape index (κ3) is 3.48. The van der Waals surface area contributed by atoms with Gasteiger partial charge in [0.25, 0.3) is 0 Å². The van der Waals surface area contributed by atoms with Crippen LogP contribution in [0.4, 0.5) is 4.39 Å². The van der Waals surface area contributed by atoms with Crippen molar-refractivity contribution in [3.8, 4) is 0 Å². The standard InChI is InChI=1S/C13H10ClFN2O2/c14-10-7-16-13(19)17(8-10)6-5-12(18)9-1-3-11(15)4-2-9/h1-4,7-8H,5-6H2. The molecule has 0 saturated heterocycles. The molecular weight excluding hydrogens is 271 g/mol. The third-order valence-electron chi connectivity index (χ3n) is 2.57. The summed E-state index contributed by atoms with van der Waals surface area (Å²) in [6, 6.07) is 5.27. The zero-order valence-corrected chi connectivity index (χ0v) is 10.6. The molecule has 0 saturated carbocycles. The van der Waals surface area contributed by atoms with Crippen molar-refractivity contribution in [2.45, 2.75) is 13.0 Å². The van der Waals surface area contributed by atoms with E-state index in [9.17, 15) is 14.0 Å². The van der Waals surface area contributed by atoms with Crippen LogP contribution in [0, 0.1) is 5.82 Å². The lowest BCUT2D eigenvalue weighted by atomic mass is 10.1. The normalized spacial score (nSPS) is 10.4. The average molecular weight is 281 g/mol. The highest BCUT2D eigenvalue weighted by Gasteiger charge is 2.07. The first kappa shape index (κ1) is 13.4. The largest absolute Gasteiger partial charge is 0.347 e. The highest BCUT2D eigenvalue weighted by Crippen LogP contribution is 2.07. The Balaban J connectivity index is 2.06. The van der Waals surface area contributed by atoms with Crippen LogP contribution in [0.1, 0.15) is 16.8 Å². The lowest BCUT2D eigenvalue weighted by molar-refractivity contribution is 0.0976. The maximum atomic E-state index is 12.7. The van der Waals surface area contributed by atoms with Gasteiger partial charge in [-0.05, 0) is 24.3 Å². The van der Waals surface area contributed by atoms with Crippen molar-refractivity contribution in [1.82, 2.24) is 9.55 Å². The highest BCUT2D eigenvalue weighted by atomic mass is 35.5. The second kappa shape index (κ2) is 5.75. The van der Waals surface area contributed by atoms with Crippen molar-refractivity contribution in [2.24, 2.45) is 0 Å². The molecule has 0 aliphatic carbocycles. The van der Waals surface area contributed by atoms with E-state index >= 15 is 0 Å². The van der Waals surface area contributed by atoms with E-state index in [1.165, 1.54) is 41.2 Å². The molecule has 19 heavy (non-hydrogen) atoms. The minimum Gasteiger partial charge on any atom is -0.297 e. The Morgan fingerprint density at radius 1 is 1.32 bits per heavy atom. The molecule has 0 unspecified atom stereocenters. The van der Waals surface area contributed by atoms with Gasteiger partial charge in [0.05, 0.1) is 11.2 Å². The van der Waals surface area contributed by atoms with E-state index in [-0.39, 0.29) is 18.7 Å². The molecule has 0 aliphatic heterocycles. The number of Topliss-reactive ketones (excluding diaryl/α,β-unsaturated/α-hetero) is 1. The van der Waals surface area contributed by atoms with Crippen LogP contribution in [0.15, 0.2) is 41.5 Å². The van der Waals surface area contributed by atoms with E-state index in [4.69, 9.17) is 11.6 Å². The Morgan fingerprint density at radius 2 is 2.00 bits per heavy atom. The van der Waals surface area contributed by atoms with Crippen LogP contribution in [-0.4, -0.2) is 15.3 Å². The van der Waals surface area contributed by atoms with Crippen molar-refractivity contribution >= 4 is 17.4 Å². The Kier molecular flexibility index (Phi) is 4.06. The second-order valence-corrected chi connectivity index (χ2v) is 4.36. The third-order valence-corrected chi connectivity index (χ3v) is 2.76. The van der Waals surface area contributed by atoms with Crippen LogP contribution in [0.3, 0.4) is 0 Å². The van der Waals surface area contributed by atoms with Crippen LogP contribution >= 0.6 is 11.6 Å². The predicted molar refractivity (Wildman–Crippen MR) is 68.9 cm³/mol. The van der Waals surface area contributed by atoms with Crippen molar-refractivity contribution in [3.63, 3.8) is 0 Å². The quantitative estimate of drug-likeness (QED) is 0.808. The van der Waals surface area contributed by atoms with Gasteiger partial charge in [-0.3, -0.25) is 9.36 Å². The summed E-state index contributed by atoms with van der Waals surface area (Å²) in [6.45, 7) is 0.183. The summed E-state index contributed by atoms with van der Waals surface area (Å²) in [4.78, 5) is 26.8. The van der Waals surface area contributed by atoms with Crippen LogP contribution in [0.2, 0.25) is 5.02 Å². The molecule has 0 amide bonds. The molecule has 6 heteroatoms.